The highest BCUT2D eigenvalue weighted by atomic mass is 16.6. The lowest BCUT2D eigenvalue weighted by molar-refractivity contribution is -0.139. The first-order chi connectivity index (χ1) is 10.3. The van der Waals surface area contributed by atoms with Gasteiger partial charge in [0.1, 0.15) is 11.6 Å². The number of carbonyl (C=O) groups excluding carboxylic acids is 1. The van der Waals surface area contributed by atoms with Crippen LogP contribution in [0.1, 0.15) is 32.8 Å². The van der Waals surface area contributed by atoms with Crippen LogP contribution in [-0.4, -0.2) is 28.8 Å². The van der Waals surface area contributed by atoms with E-state index in [4.69, 9.17) is 9.84 Å². The highest BCUT2D eigenvalue weighted by molar-refractivity contribution is 5.80. The third kappa shape index (κ3) is 7.47. The molecule has 0 unspecified atom stereocenters. The molecule has 22 heavy (non-hydrogen) atoms. The topological polar surface area (TPSA) is 75.6 Å². The quantitative estimate of drug-likeness (QED) is 0.792. The highest BCUT2D eigenvalue weighted by Gasteiger charge is 2.22. The molecular formula is C17H23NO4. The van der Waals surface area contributed by atoms with Crippen LogP contribution in [0, 0.1) is 0 Å². The van der Waals surface area contributed by atoms with Gasteiger partial charge in [0.15, 0.2) is 0 Å². The Morgan fingerprint density at radius 1 is 1.23 bits per heavy atom. The van der Waals surface area contributed by atoms with Gasteiger partial charge in [-0.05, 0) is 39.2 Å². The van der Waals surface area contributed by atoms with Crippen LogP contribution in [0.3, 0.4) is 0 Å². The normalized spacial score (nSPS) is 12.9. The van der Waals surface area contributed by atoms with Crippen molar-refractivity contribution < 1.29 is 19.4 Å². The zero-order valence-corrected chi connectivity index (χ0v) is 13.2. The third-order valence-corrected chi connectivity index (χ3v) is 2.72. The molecule has 0 spiro atoms. The highest BCUT2D eigenvalue weighted by Crippen LogP contribution is 2.08. The minimum atomic E-state index is -1.09. The number of allylic oxidation sites excluding steroid dienone is 1. The van der Waals surface area contributed by atoms with Crippen LogP contribution in [0.25, 0.3) is 0 Å². The molecule has 5 heteroatoms. The van der Waals surface area contributed by atoms with Gasteiger partial charge < -0.3 is 15.2 Å². The number of carbonyl (C=O) groups is 2. The van der Waals surface area contributed by atoms with Gasteiger partial charge in [-0.2, -0.15) is 0 Å². The van der Waals surface area contributed by atoms with Crippen molar-refractivity contribution in [2.45, 2.75) is 45.3 Å². The van der Waals surface area contributed by atoms with Crippen molar-refractivity contribution in [1.82, 2.24) is 5.32 Å². The number of rotatable bonds is 6. The molecule has 0 radical (unpaired) electrons. The molecule has 0 bridgehead atoms. The molecule has 0 aliphatic rings. The van der Waals surface area contributed by atoms with E-state index in [2.05, 4.69) is 5.32 Å². The van der Waals surface area contributed by atoms with Crippen LogP contribution in [-0.2, 0) is 16.0 Å². The number of hydrogen-bond acceptors (Lipinski definition) is 3. The molecule has 0 heterocycles. The number of alkyl carbamates (subject to hydrolysis) is 1. The van der Waals surface area contributed by atoms with Crippen molar-refractivity contribution in [1.29, 1.82) is 0 Å². The lowest BCUT2D eigenvalue weighted by atomic mass is 10.1. The number of aliphatic carboxylic acids is 1. The fourth-order valence-electron chi connectivity index (χ4n) is 1.74. The average Bonchev–Trinajstić information content (AvgIpc) is 2.41. The summed E-state index contributed by atoms with van der Waals surface area (Å²) in [6.45, 7) is 5.17. The summed E-state index contributed by atoms with van der Waals surface area (Å²) in [6, 6.07) is 8.84. The largest absolute Gasteiger partial charge is 0.480 e. The first-order valence-electron chi connectivity index (χ1n) is 7.19. The van der Waals surface area contributed by atoms with Gasteiger partial charge in [-0.15, -0.1) is 0 Å². The Hall–Kier alpha value is -2.30. The van der Waals surface area contributed by atoms with Crippen molar-refractivity contribution in [2.24, 2.45) is 0 Å². The van der Waals surface area contributed by atoms with Gasteiger partial charge in [0.25, 0.3) is 0 Å². The van der Waals surface area contributed by atoms with Crippen LogP contribution >= 0.6 is 0 Å². The molecule has 0 aliphatic heterocycles. The molecule has 0 aromatic heterocycles. The second-order valence-corrected chi connectivity index (χ2v) is 5.93. The maximum Gasteiger partial charge on any atom is 0.408 e. The Morgan fingerprint density at radius 3 is 2.41 bits per heavy atom. The number of amides is 1. The molecule has 1 aromatic carbocycles. The Balaban J connectivity index is 2.47. The summed E-state index contributed by atoms with van der Waals surface area (Å²) in [4.78, 5) is 22.8. The zero-order chi connectivity index (χ0) is 16.6. The number of carboxylic acids is 1. The van der Waals surface area contributed by atoms with E-state index < -0.39 is 23.7 Å². The lowest BCUT2D eigenvalue weighted by Crippen LogP contribution is -2.43. The third-order valence-electron chi connectivity index (χ3n) is 2.72. The van der Waals surface area contributed by atoms with Crippen molar-refractivity contribution >= 4 is 12.1 Å². The Kier molecular flexibility index (Phi) is 6.63. The van der Waals surface area contributed by atoms with Crippen LogP contribution in [0.4, 0.5) is 4.79 Å². The van der Waals surface area contributed by atoms with Gasteiger partial charge in [-0.25, -0.2) is 9.59 Å². The van der Waals surface area contributed by atoms with E-state index in [0.717, 1.165) is 12.0 Å². The number of benzene rings is 1. The molecule has 1 aromatic rings. The van der Waals surface area contributed by atoms with Crippen molar-refractivity contribution in [2.75, 3.05) is 0 Å². The summed E-state index contributed by atoms with van der Waals surface area (Å²) in [5, 5.41) is 11.5. The van der Waals surface area contributed by atoms with Gasteiger partial charge in [-0.3, -0.25) is 0 Å². The van der Waals surface area contributed by atoms with E-state index in [1.165, 1.54) is 0 Å². The predicted molar refractivity (Wildman–Crippen MR) is 84.7 cm³/mol. The Morgan fingerprint density at radius 2 is 1.86 bits per heavy atom. The van der Waals surface area contributed by atoms with E-state index in [0.29, 0.717) is 0 Å². The number of carboxylic acid groups (broad SMARTS) is 1. The van der Waals surface area contributed by atoms with Gasteiger partial charge in [0, 0.05) is 0 Å². The first kappa shape index (κ1) is 17.8. The SMILES string of the molecule is CC(C)(C)OC(=O)N[C@@H](C/C=C/Cc1ccccc1)C(=O)O. The molecule has 0 fully saturated rings. The van der Waals surface area contributed by atoms with Crippen LogP contribution < -0.4 is 5.32 Å². The summed E-state index contributed by atoms with van der Waals surface area (Å²) in [5.74, 6) is -1.09. The molecule has 1 atom stereocenters. The summed E-state index contributed by atoms with van der Waals surface area (Å²) in [5.41, 5.74) is 0.488. The van der Waals surface area contributed by atoms with Gasteiger partial charge in [0.2, 0.25) is 0 Å². The molecular weight excluding hydrogens is 282 g/mol. The van der Waals surface area contributed by atoms with Gasteiger partial charge in [-0.1, -0.05) is 42.5 Å². The van der Waals surface area contributed by atoms with Crippen LogP contribution in [0.15, 0.2) is 42.5 Å². The Labute approximate surface area is 131 Å². The molecule has 0 aliphatic carbocycles. The molecule has 0 saturated heterocycles. The Bertz CT molecular complexity index is 517. The van der Waals surface area contributed by atoms with Gasteiger partial charge >= 0.3 is 12.1 Å². The van der Waals surface area contributed by atoms with E-state index in [9.17, 15) is 9.59 Å². The molecule has 1 rings (SSSR count). The van der Waals surface area contributed by atoms with Crippen molar-refractivity contribution in [3.63, 3.8) is 0 Å². The average molecular weight is 305 g/mol. The maximum absolute atomic E-state index is 11.6. The molecule has 2 N–H and O–H groups in total. The molecule has 120 valence electrons. The fourth-order valence-corrected chi connectivity index (χ4v) is 1.74. The molecule has 0 saturated carbocycles. The summed E-state index contributed by atoms with van der Waals surface area (Å²) in [6.07, 6.45) is 3.85. The standard InChI is InChI=1S/C17H23NO4/c1-17(2,3)22-16(21)18-14(15(19)20)12-8-7-11-13-9-5-4-6-10-13/h4-10,14H,11-12H2,1-3H3,(H,18,21)(H,19,20)/b8-7+/t14-/m0/s1. The number of ether oxygens (including phenoxy) is 1. The molecule has 5 nitrogen and oxygen atoms in total. The first-order valence-corrected chi connectivity index (χ1v) is 7.19. The second kappa shape index (κ2) is 8.22. The predicted octanol–water partition coefficient (Wildman–Crippen LogP) is 3.15. The van der Waals surface area contributed by atoms with Gasteiger partial charge in [0.05, 0.1) is 0 Å². The van der Waals surface area contributed by atoms with Crippen LogP contribution in [0.5, 0.6) is 0 Å². The molecule has 1 amide bonds. The summed E-state index contributed by atoms with van der Waals surface area (Å²) in [7, 11) is 0. The van der Waals surface area contributed by atoms with E-state index in [-0.39, 0.29) is 6.42 Å². The minimum absolute atomic E-state index is 0.210. The maximum atomic E-state index is 11.6. The lowest BCUT2D eigenvalue weighted by Gasteiger charge is -2.21. The van der Waals surface area contributed by atoms with Crippen molar-refractivity contribution in [3.05, 3.63) is 48.0 Å². The van der Waals surface area contributed by atoms with E-state index >= 15 is 0 Å². The van der Waals surface area contributed by atoms with E-state index in [1.54, 1.807) is 26.8 Å². The number of hydrogen-bond donors (Lipinski definition) is 2. The number of nitrogens with one attached hydrogen (secondary N) is 1. The van der Waals surface area contributed by atoms with Crippen molar-refractivity contribution in [3.8, 4) is 0 Å². The van der Waals surface area contributed by atoms with E-state index in [1.807, 2.05) is 36.4 Å². The summed E-state index contributed by atoms with van der Waals surface area (Å²) >= 11 is 0. The smallest absolute Gasteiger partial charge is 0.408 e. The summed E-state index contributed by atoms with van der Waals surface area (Å²) < 4.78 is 5.06. The zero-order valence-electron chi connectivity index (χ0n) is 13.2. The second-order valence-electron chi connectivity index (χ2n) is 5.93. The monoisotopic (exact) mass is 305 g/mol. The minimum Gasteiger partial charge on any atom is -0.480 e. The van der Waals surface area contributed by atoms with Crippen LogP contribution in [0.2, 0.25) is 0 Å². The fraction of sp³-hybridized carbons (Fsp3) is 0.412.